The summed E-state index contributed by atoms with van der Waals surface area (Å²) in [5, 5.41) is -13.2. The Morgan fingerprint density at radius 1 is 0.274 bits per heavy atom. The molecule has 0 spiro atoms. The van der Waals surface area contributed by atoms with E-state index in [9.17, 15) is 150 Å². The summed E-state index contributed by atoms with van der Waals surface area (Å²) in [6.07, 6.45) is -3.83. The second-order valence-electron chi connectivity index (χ2n) is 12.0. The summed E-state index contributed by atoms with van der Waals surface area (Å²) in [6.45, 7) is -3.26. The first-order chi connectivity index (χ1) is 26.5. The van der Waals surface area contributed by atoms with E-state index in [1.165, 1.54) is 0 Å². The highest BCUT2D eigenvalue weighted by Crippen LogP contribution is 2.66. The Hall–Kier alpha value is -2.72. The molecule has 0 saturated carbocycles. The van der Waals surface area contributed by atoms with E-state index in [4.69, 9.17) is 0 Å². The number of rotatable bonds is 23. The molecule has 0 aromatic heterocycles. The van der Waals surface area contributed by atoms with Gasteiger partial charge >= 0.3 is 93.7 Å². The van der Waals surface area contributed by atoms with E-state index in [-0.39, 0.29) is 0 Å². The molecule has 0 bridgehead atoms. The molecule has 0 saturated heterocycles. The van der Waals surface area contributed by atoms with Crippen LogP contribution < -0.4 is 10.6 Å². The quantitative estimate of drug-likeness (QED) is 0.0609. The second kappa shape index (κ2) is 16.6. The van der Waals surface area contributed by atoms with E-state index in [1.54, 1.807) is 0 Å². The van der Waals surface area contributed by atoms with Crippen molar-refractivity contribution < 1.29 is 150 Å². The maximum atomic E-state index is 13.9. The molecule has 0 rings (SSSR count). The molecule has 0 heterocycles. The Bertz CT molecular complexity index is 1490. The van der Waals surface area contributed by atoms with E-state index in [2.05, 4.69) is 23.2 Å². The first-order valence-electron chi connectivity index (χ1n) is 14.5. The molecule has 2 amide bonds. The van der Waals surface area contributed by atoms with Gasteiger partial charge in [-0.3, -0.25) is 9.59 Å². The fourth-order valence-corrected chi connectivity index (χ4v) is 4.08. The van der Waals surface area contributed by atoms with Crippen LogP contribution in [-0.2, 0) is 9.59 Å². The van der Waals surface area contributed by atoms with Gasteiger partial charge in [0.05, 0.1) is 0 Å². The second-order valence-corrected chi connectivity index (χ2v) is 12.9. The van der Waals surface area contributed by atoms with Crippen molar-refractivity contribution in [3.63, 3.8) is 0 Å². The van der Waals surface area contributed by atoms with Gasteiger partial charge in [0.2, 0.25) is 0 Å². The molecule has 0 aliphatic carbocycles. The van der Waals surface area contributed by atoms with Gasteiger partial charge in [0.1, 0.15) is 0 Å². The van der Waals surface area contributed by atoms with Crippen molar-refractivity contribution >= 4 is 35.0 Å². The third-order valence-corrected chi connectivity index (χ3v) is 8.16. The number of hydrogen-bond acceptors (Lipinski definition) is 2. The van der Waals surface area contributed by atoms with Crippen LogP contribution in [0.25, 0.3) is 0 Å². The van der Waals surface area contributed by atoms with Crippen molar-refractivity contribution in [2.45, 2.75) is 119 Å². The average molecular weight is 1040 g/mol. The van der Waals surface area contributed by atoms with Crippen molar-refractivity contribution in [3.05, 3.63) is 0 Å². The van der Waals surface area contributed by atoms with Gasteiger partial charge in [0.15, 0.2) is 0 Å². The monoisotopic (exact) mass is 1040 g/mol. The van der Waals surface area contributed by atoms with Gasteiger partial charge in [-0.2, -0.15) is 140 Å². The van der Waals surface area contributed by atoms with Crippen molar-refractivity contribution in [1.29, 1.82) is 0 Å². The standard InChI is InChI=1S/C24H14Cl2F32N2O2/c25-23(55,56)21(51,52)19(47,48)17(43,44)15(39,40)13(35,36)11(31,32)9(27,28)7(61)59-5-3-1-2-4-6-60-8(62)10(29,30)12(33,34)14(37,38)16(41,42)18(45,46)20(49,50)22(53,54)24(26,57)58/h1-6H2,(H,59,61)(H,60,62). The number of unbranched alkanes of at least 4 members (excludes halogenated alkanes) is 3. The summed E-state index contributed by atoms with van der Waals surface area (Å²) in [5.41, 5.74) is 0. The topological polar surface area (TPSA) is 58.2 Å². The Morgan fingerprint density at radius 3 is 0.613 bits per heavy atom. The minimum Gasteiger partial charge on any atom is -0.351 e. The normalized spacial score (nSPS) is 16.1. The van der Waals surface area contributed by atoms with E-state index in [1.807, 2.05) is 0 Å². The van der Waals surface area contributed by atoms with Crippen LogP contribution in [0.15, 0.2) is 0 Å². The van der Waals surface area contributed by atoms with Gasteiger partial charge in [-0.25, -0.2) is 0 Å². The molecule has 0 unspecified atom stereocenters. The van der Waals surface area contributed by atoms with Gasteiger partial charge in [0, 0.05) is 13.1 Å². The molecule has 38 heteroatoms. The van der Waals surface area contributed by atoms with E-state index < -0.39 is 144 Å². The van der Waals surface area contributed by atoms with Gasteiger partial charge in [-0.05, 0) is 36.0 Å². The number of carbonyl (C=O) groups excluding carboxylic acids is 2. The molecule has 0 atom stereocenters. The molecule has 0 aromatic rings. The van der Waals surface area contributed by atoms with Crippen molar-refractivity contribution in [2.24, 2.45) is 0 Å². The maximum Gasteiger partial charge on any atom is 0.393 e. The fourth-order valence-electron chi connectivity index (χ4n) is 3.84. The van der Waals surface area contributed by atoms with Crippen LogP contribution in [0.5, 0.6) is 0 Å². The zero-order valence-corrected chi connectivity index (χ0v) is 29.4. The average Bonchev–Trinajstić information content (AvgIpc) is 3.06. The molecule has 0 aromatic carbocycles. The Balaban J connectivity index is 5.78. The lowest BCUT2D eigenvalue weighted by molar-refractivity contribution is -0.446. The zero-order valence-electron chi connectivity index (χ0n) is 27.9. The number of alkyl halides is 34. The molecule has 370 valence electrons. The molecule has 2 N–H and O–H groups in total. The minimum atomic E-state index is -8.91. The molecule has 0 radical (unpaired) electrons. The Morgan fingerprint density at radius 2 is 0.435 bits per heavy atom. The fraction of sp³-hybridized carbons (Fsp3) is 0.917. The lowest BCUT2D eigenvalue weighted by Crippen LogP contribution is -2.75. The summed E-state index contributed by atoms with van der Waals surface area (Å²) < 4.78 is 432. The molecule has 0 aliphatic rings. The van der Waals surface area contributed by atoms with Crippen LogP contribution >= 0.6 is 23.2 Å². The summed E-state index contributed by atoms with van der Waals surface area (Å²) in [5.74, 6) is -126. The van der Waals surface area contributed by atoms with E-state index in [0.717, 1.165) is 0 Å². The molecule has 62 heavy (non-hydrogen) atoms. The van der Waals surface area contributed by atoms with Crippen LogP contribution in [0.4, 0.5) is 140 Å². The van der Waals surface area contributed by atoms with Gasteiger partial charge in [0.25, 0.3) is 11.8 Å². The van der Waals surface area contributed by atoms with E-state index in [0.29, 0.717) is 10.6 Å². The Labute approximate surface area is 328 Å². The summed E-state index contributed by atoms with van der Waals surface area (Å²) in [4.78, 5) is 22.8. The van der Waals surface area contributed by atoms with Gasteiger partial charge in [-0.1, -0.05) is 12.8 Å². The smallest absolute Gasteiger partial charge is 0.351 e. The maximum absolute atomic E-state index is 13.9. The van der Waals surface area contributed by atoms with Gasteiger partial charge in [-0.15, -0.1) is 0 Å². The number of amides is 2. The third-order valence-electron chi connectivity index (χ3n) is 7.69. The predicted octanol–water partition coefficient (Wildman–Crippen LogP) is 11.3. The van der Waals surface area contributed by atoms with Crippen molar-refractivity contribution in [3.8, 4) is 0 Å². The predicted molar refractivity (Wildman–Crippen MR) is 135 cm³/mol. The van der Waals surface area contributed by atoms with Crippen LogP contribution in [0, 0.1) is 0 Å². The Kier molecular flexibility index (Phi) is 15.9. The highest BCUT2D eigenvalue weighted by Gasteiger charge is 2.97. The molecule has 0 fully saturated rings. The number of hydrogen-bond donors (Lipinski definition) is 2. The first-order valence-corrected chi connectivity index (χ1v) is 15.3. The highest BCUT2D eigenvalue weighted by atomic mass is 35.5. The molecular weight excluding hydrogens is 1030 g/mol. The van der Waals surface area contributed by atoms with E-state index >= 15 is 0 Å². The SMILES string of the molecule is O=C(NCCCCCCNC(=O)C(F)(F)C(F)(F)C(F)(F)C(F)(F)C(F)(F)C(F)(F)C(F)(F)C(F)(F)Cl)C(F)(F)C(F)(F)C(F)(F)C(F)(F)C(F)(F)C(F)(F)C(F)(F)C(F)(F)Cl. The van der Waals surface area contributed by atoms with Gasteiger partial charge < -0.3 is 10.6 Å². The number of halogens is 34. The first kappa shape index (κ1) is 59.3. The summed E-state index contributed by atoms with van der Waals surface area (Å²) in [6, 6.07) is 0. The largest absolute Gasteiger partial charge is 0.393 e. The molecular formula is C24H14Cl2F32N2O2. The van der Waals surface area contributed by atoms with Crippen LogP contribution in [0.1, 0.15) is 25.7 Å². The van der Waals surface area contributed by atoms with Crippen LogP contribution in [0.3, 0.4) is 0 Å². The zero-order chi connectivity index (χ0) is 50.8. The van der Waals surface area contributed by atoms with Crippen molar-refractivity contribution in [1.82, 2.24) is 10.6 Å². The lowest BCUT2D eigenvalue weighted by atomic mass is 9.89. The lowest BCUT2D eigenvalue weighted by Gasteiger charge is -2.42. The summed E-state index contributed by atoms with van der Waals surface area (Å²) in [7, 11) is 0. The number of nitrogens with one attached hydrogen (secondary N) is 2. The third kappa shape index (κ3) is 8.48. The molecule has 4 nitrogen and oxygen atoms in total. The minimum absolute atomic E-state index is 0.483. The van der Waals surface area contributed by atoms with Crippen LogP contribution in [0.2, 0.25) is 0 Å². The number of carbonyl (C=O) groups is 2. The van der Waals surface area contributed by atoms with Crippen molar-refractivity contribution in [2.75, 3.05) is 13.1 Å². The van der Waals surface area contributed by atoms with Crippen LogP contribution in [-0.4, -0.2) is 119 Å². The highest BCUT2D eigenvalue weighted by molar-refractivity contribution is 6.22. The summed E-state index contributed by atoms with van der Waals surface area (Å²) >= 11 is 6.71. The molecule has 0 aliphatic heterocycles.